The van der Waals surface area contributed by atoms with Gasteiger partial charge in [0, 0.05) is 39.3 Å². The third kappa shape index (κ3) is 5.53. The maximum absolute atomic E-state index is 12.3. The molecule has 0 saturated carbocycles. The summed E-state index contributed by atoms with van der Waals surface area (Å²) in [6.45, 7) is 9.07. The predicted molar refractivity (Wildman–Crippen MR) is 106 cm³/mol. The number of β-amino-alcohol motifs (C(OH)–C–C–N with tert-alkyl or cyclic N) is 1. The number of piperazine rings is 1. The van der Waals surface area contributed by atoms with Gasteiger partial charge in [-0.15, -0.1) is 0 Å². The van der Waals surface area contributed by atoms with Crippen LogP contribution in [0, 0.1) is 0 Å². The van der Waals surface area contributed by atoms with Gasteiger partial charge in [-0.2, -0.15) is 0 Å². The molecular weight excluding hydrogens is 358 g/mol. The van der Waals surface area contributed by atoms with Crippen molar-refractivity contribution in [3.8, 4) is 0 Å². The van der Waals surface area contributed by atoms with Crippen molar-refractivity contribution in [2.75, 3.05) is 39.3 Å². The summed E-state index contributed by atoms with van der Waals surface area (Å²) in [5.74, 6) is -0.278. The van der Waals surface area contributed by atoms with E-state index < -0.39 is 17.8 Å². The van der Waals surface area contributed by atoms with Gasteiger partial charge < -0.3 is 9.84 Å². The number of imide groups is 1. The van der Waals surface area contributed by atoms with E-state index in [1.54, 1.807) is 20.8 Å². The average Bonchev–Trinajstić information content (AvgIpc) is 2.60. The van der Waals surface area contributed by atoms with E-state index in [9.17, 15) is 14.7 Å². The van der Waals surface area contributed by atoms with Gasteiger partial charge in [-0.3, -0.25) is 14.6 Å². The maximum Gasteiger partial charge on any atom is 0.417 e. The summed E-state index contributed by atoms with van der Waals surface area (Å²) in [5.41, 5.74) is 2.08. The Hall–Kier alpha value is -1.96. The molecule has 154 valence electrons. The number of aliphatic hydroxyl groups is 1. The van der Waals surface area contributed by atoms with Gasteiger partial charge in [0.1, 0.15) is 5.60 Å². The number of nitrogens with zero attached hydrogens (tertiary/aromatic N) is 3. The summed E-state index contributed by atoms with van der Waals surface area (Å²) in [7, 11) is 0. The smallest absolute Gasteiger partial charge is 0.417 e. The second-order valence-corrected chi connectivity index (χ2v) is 8.67. The largest absolute Gasteiger partial charge is 0.443 e. The molecule has 7 nitrogen and oxygen atoms in total. The number of hydrogen-bond acceptors (Lipinski definition) is 6. The van der Waals surface area contributed by atoms with Gasteiger partial charge in [0.05, 0.1) is 12.6 Å². The lowest BCUT2D eigenvalue weighted by molar-refractivity contribution is -0.135. The van der Waals surface area contributed by atoms with Crippen LogP contribution in [0.1, 0.15) is 31.9 Å². The van der Waals surface area contributed by atoms with E-state index in [0.717, 1.165) is 24.4 Å². The van der Waals surface area contributed by atoms with Crippen molar-refractivity contribution in [1.29, 1.82) is 0 Å². The zero-order valence-electron chi connectivity index (χ0n) is 17.1. The first-order valence-electron chi connectivity index (χ1n) is 9.94. The van der Waals surface area contributed by atoms with Crippen molar-refractivity contribution in [1.82, 2.24) is 14.7 Å². The normalized spacial score (nSPS) is 20.0. The molecule has 0 spiro atoms. The molecule has 2 amide bonds. The Morgan fingerprint density at radius 1 is 1.07 bits per heavy atom. The highest BCUT2D eigenvalue weighted by Gasteiger charge is 2.32. The van der Waals surface area contributed by atoms with Crippen molar-refractivity contribution in [3.05, 3.63) is 35.4 Å². The van der Waals surface area contributed by atoms with Crippen LogP contribution in [0.15, 0.2) is 24.3 Å². The Morgan fingerprint density at radius 3 is 2.36 bits per heavy atom. The maximum atomic E-state index is 12.3. The second kappa shape index (κ2) is 8.59. The Bertz CT molecular complexity index is 716. The van der Waals surface area contributed by atoms with Gasteiger partial charge in [0.2, 0.25) is 5.91 Å². The summed E-state index contributed by atoms with van der Waals surface area (Å²) in [6.07, 6.45) is -0.133. The fraction of sp³-hybridized carbons (Fsp3) is 0.619. The molecule has 0 radical (unpaired) electrons. The number of ether oxygens (including phenoxy) is 1. The number of hydrogen-bond donors (Lipinski definition) is 1. The Kier molecular flexibility index (Phi) is 6.37. The molecule has 1 aromatic carbocycles. The lowest BCUT2D eigenvalue weighted by atomic mass is 10.00. The van der Waals surface area contributed by atoms with Crippen LogP contribution in [0.5, 0.6) is 0 Å². The minimum atomic E-state index is -0.627. The first-order chi connectivity index (χ1) is 13.2. The molecule has 1 atom stereocenters. The average molecular weight is 389 g/mol. The molecular formula is C21H31N3O4. The lowest BCUT2D eigenvalue weighted by Gasteiger charge is -2.36. The summed E-state index contributed by atoms with van der Waals surface area (Å²) in [4.78, 5) is 29.8. The van der Waals surface area contributed by atoms with Crippen LogP contribution < -0.4 is 0 Å². The highest BCUT2D eigenvalue weighted by Crippen LogP contribution is 2.19. The van der Waals surface area contributed by atoms with Crippen LogP contribution >= 0.6 is 0 Å². The molecule has 2 heterocycles. The van der Waals surface area contributed by atoms with Gasteiger partial charge in [-0.1, -0.05) is 24.3 Å². The molecule has 1 aromatic rings. The molecule has 3 rings (SSSR count). The van der Waals surface area contributed by atoms with E-state index in [1.807, 2.05) is 4.90 Å². The summed E-state index contributed by atoms with van der Waals surface area (Å²) in [6, 6.07) is 8.42. The van der Waals surface area contributed by atoms with E-state index in [0.29, 0.717) is 19.6 Å². The van der Waals surface area contributed by atoms with Gasteiger partial charge in [-0.05, 0) is 38.3 Å². The summed E-state index contributed by atoms with van der Waals surface area (Å²) in [5, 5.41) is 10.5. The molecule has 1 fully saturated rings. The van der Waals surface area contributed by atoms with Crippen molar-refractivity contribution >= 4 is 12.0 Å². The number of carbonyl (C=O) groups excluding carboxylic acids is 2. The minimum Gasteiger partial charge on any atom is -0.443 e. The van der Waals surface area contributed by atoms with Gasteiger partial charge in [0.25, 0.3) is 0 Å². The first-order valence-corrected chi connectivity index (χ1v) is 9.94. The lowest BCUT2D eigenvalue weighted by Crippen LogP contribution is -2.55. The number of aliphatic hydroxyl groups excluding tert-OH is 1. The van der Waals surface area contributed by atoms with Crippen LogP contribution in [-0.4, -0.2) is 82.8 Å². The van der Waals surface area contributed by atoms with Crippen LogP contribution in [0.25, 0.3) is 0 Å². The molecule has 1 N–H and O–H groups in total. The van der Waals surface area contributed by atoms with E-state index in [4.69, 9.17) is 4.74 Å². The number of amides is 2. The Morgan fingerprint density at radius 2 is 1.71 bits per heavy atom. The quantitative estimate of drug-likeness (QED) is 0.841. The molecule has 0 bridgehead atoms. The Labute approximate surface area is 166 Å². The molecule has 28 heavy (non-hydrogen) atoms. The van der Waals surface area contributed by atoms with E-state index in [2.05, 4.69) is 29.2 Å². The number of benzene rings is 1. The molecule has 7 heteroatoms. The number of fused-ring (bicyclic) bond motifs is 1. The van der Waals surface area contributed by atoms with Crippen LogP contribution in [0.3, 0.4) is 0 Å². The zero-order valence-corrected chi connectivity index (χ0v) is 17.1. The molecule has 0 aliphatic carbocycles. The highest BCUT2D eigenvalue weighted by molar-refractivity contribution is 5.93. The fourth-order valence-electron chi connectivity index (χ4n) is 3.75. The third-order valence-electron chi connectivity index (χ3n) is 5.06. The predicted octanol–water partition coefficient (Wildman–Crippen LogP) is 1.48. The SMILES string of the molecule is CC(C)(C)OC(=O)N1CCN(CC(O)CN2CCc3ccccc3C2)CC1=O. The van der Waals surface area contributed by atoms with Crippen molar-refractivity contribution in [2.45, 2.75) is 45.4 Å². The topological polar surface area (TPSA) is 73.3 Å². The van der Waals surface area contributed by atoms with Gasteiger partial charge >= 0.3 is 6.09 Å². The molecule has 1 unspecified atom stereocenters. The third-order valence-corrected chi connectivity index (χ3v) is 5.06. The Balaban J connectivity index is 1.45. The highest BCUT2D eigenvalue weighted by atomic mass is 16.6. The zero-order chi connectivity index (χ0) is 20.3. The van der Waals surface area contributed by atoms with Gasteiger partial charge in [0.15, 0.2) is 0 Å². The molecule has 1 saturated heterocycles. The fourth-order valence-corrected chi connectivity index (χ4v) is 3.75. The van der Waals surface area contributed by atoms with E-state index in [-0.39, 0.29) is 19.0 Å². The van der Waals surface area contributed by atoms with E-state index in [1.165, 1.54) is 11.1 Å². The second-order valence-electron chi connectivity index (χ2n) is 8.67. The first kappa shape index (κ1) is 20.8. The van der Waals surface area contributed by atoms with Crippen molar-refractivity contribution < 1.29 is 19.4 Å². The molecule has 0 aromatic heterocycles. The van der Waals surface area contributed by atoms with Crippen LogP contribution in [0.2, 0.25) is 0 Å². The van der Waals surface area contributed by atoms with Crippen molar-refractivity contribution in [3.63, 3.8) is 0 Å². The summed E-state index contributed by atoms with van der Waals surface area (Å²) >= 11 is 0. The van der Waals surface area contributed by atoms with Crippen LogP contribution in [-0.2, 0) is 22.5 Å². The van der Waals surface area contributed by atoms with Crippen molar-refractivity contribution in [2.24, 2.45) is 0 Å². The molecule has 2 aliphatic rings. The van der Waals surface area contributed by atoms with Gasteiger partial charge in [-0.25, -0.2) is 9.69 Å². The number of carbonyl (C=O) groups is 2. The minimum absolute atomic E-state index is 0.124. The van der Waals surface area contributed by atoms with E-state index >= 15 is 0 Å². The molecule has 2 aliphatic heterocycles. The summed E-state index contributed by atoms with van der Waals surface area (Å²) < 4.78 is 5.28. The number of rotatable bonds is 4. The van der Waals surface area contributed by atoms with Crippen LogP contribution in [0.4, 0.5) is 4.79 Å². The standard InChI is InChI=1S/C21H31N3O4/c1-21(2,3)28-20(27)24-11-10-23(15-19(24)26)14-18(25)13-22-9-8-16-6-4-5-7-17(16)12-22/h4-7,18,25H,8-15H2,1-3H3. The monoisotopic (exact) mass is 389 g/mol.